The molecule has 3 aromatic carbocycles. The zero-order valence-corrected chi connectivity index (χ0v) is 23.4. The first-order valence-corrected chi connectivity index (χ1v) is 13.1. The van der Waals surface area contributed by atoms with Gasteiger partial charge in [0.05, 0.1) is 43.8 Å². The molecule has 0 unspecified atom stereocenters. The summed E-state index contributed by atoms with van der Waals surface area (Å²) in [7, 11) is 3.03. The molecule has 0 aliphatic heterocycles. The van der Waals surface area contributed by atoms with E-state index in [1.807, 2.05) is 6.07 Å². The van der Waals surface area contributed by atoms with Crippen LogP contribution in [0.5, 0.6) is 23.0 Å². The quantitative estimate of drug-likeness (QED) is 0.253. The van der Waals surface area contributed by atoms with Gasteiger partial charge in [0, 0.05) is 29.4 Å². The summed E-state index contributed by atoms with van der Waals surface area (Å²) in [5.74, 6) is -0.226. The Morgan fingerprint density at radius 2 is 1.71 bits per heavy atom. The molecule has 0 bridgehead atoms. The van der Waals surface area contributed by atoms with Crippen LogP contribution in [0, 0.1) is 12.7 Å². The Labute approximate surface area is 240 Å². The zero-order valence-electron chi connectivity index (χ0n) is 23.4. The van der Waals surface area contributed by atoms with Crippen molar-refractivity contribution in [2.75, 3.05) is 19.5 Å². The van der Waals surface area contributed by atoms with E-state index in [1.165, 1.54) is 37.2 Å². The molecule has 0 radical (unpaired) electrons. The van der Waals surface area contributed by atoms with E-state index in [4.69, 9.17) is 14.2 Å². The molecule has 2 N–H and O–H groups in total. The third-order valence-electron chi connectivity index (χ3n) is 6.68. The van der Waals surface area contributed by atoms with Gasteiger partial charge in [-0.15, -0.1) is 0 Å². The first kappa shape index (κ1) is 28.4. The second-order valence-corrected chi connectivity index (χ2v) is 9.58. The number of carbonyl (C=O) groups is 1. The molecule has 2 heterocycles. The lowest BCUT2D eigenvalue weighted by Crippen LogP contribution is -2.27. The fourth-order valence-electron chi connectivity index (χ4n) is 4.72. The van der Waals surface area contributed by atoms with Crippen molar-refractivity contribution in [1.29, 1.82) is 0 Å². The van der Waals surface area contributed by atoms with Gasteiger partial charge in [0.25, 0.3) is 11.5 Å². The summed E-state index contributed by atoms with van der Waals surface area (Å²) in [4.78, 5) is 31.0. The van der Waals surface area contributed by atoms with Crippen LogP contribution in [0.2, 0.25) is 0 Å². The number of para-hydroxylation sites is 1. The Morgan fingerprint density at radius 3 is 2.38 bits per heavy atom. The first-order valence-electron chi connectivity index (χ1n) is 13.1. The van der Waals surface area contributed by atoms with Crippen LogP contribution < -0.4 is 25.1 Å². The van der Waals surface area contributed by atoms with Crippen molar-refractivity contribution in [2.45, 2.75) is 26.5 Å². The topological polar surface area (TPSA) is 117 Å². The van der Waals surface area contributed by atoms with Crippen molar-refractivity contribution in [3.05, 3.63) is 100 Å². The molecule has 42 heavy (non-hydrogen) atoms. The van der Waals surface area contributed by atoms with Gasteiger partial charge in [-0.1, -0.05) is 18.2 Å². The lowest BCUT2D eigenvalue weighted by atomic mass is 10.1. The van der Waals surface area contributed by atoms with Crippen molar-refractivity contribution in [3.8, 4) is 28.7 Å². The number of pyridine rings is 1. The van der Waals surface area contributed by atoms with Gasteiger partial charge in [-0.25, -0.2) is 9.07 Å². The van der Waals surface area contributed by atoms with E-state index in [9.17, 15) is 14.7 Å². The molecule has 0 fully saturated rings. The van der Waals surface area contributed by atoms with Crippen LogP contribution in [0.25, 0.3) is 16.6 Å². The van der Waals surface area contributed by atoms with Crippen LogP contribution >= 0.6 is 0 Å². The summed E-state index contributed by atoms with van der Waals surface area (Å²) in [5.41, 5.74) is 0.913. The van der Waals surface area contributed by atoms with Gasteiger partial charge in [0.1, 0.15) is 11.3 Å². The maximum atomic E-state index is 15.2. The van der Waals surface area contributed by atoms with E-state index in [0.717, 1.165) is 6.07 Å². The molecule has 1 atom stereocenters. The fraction of sp³-hybridized carbons (Fsp3) is 0.194. The van der Waals surface area contributed by atoms with Gasteiger partial charge in [-0.05, 0) is 50.2 Å². The number of aromatic nitrogens is 3. The molecule has 0 aliphatic rings. The maximum absolute atomic E-state index is 15.2. The molecule has 10 nitrogen and oxygen atoms in total. The van der Waals surface area contributed by atoms with Crippen molar-refractivity contribution < 1.29 is 28.5 Å². The number of amides is 1. The van der Waals surface area contributed by atoms with Gasteiger partial charge >= 0.3 is 0 Å². The monoisotopic (exact) mass is 572 g/mol. The number of halogens is 1. The molecule has 5 aromatic rings. The normalized spacial score (nSPS) is 11.8. The Bertz CT molecular complexity index is 1830. The highest BCUT2D eigenvalue weighted by Crippen LogP contribution is 2.37. The lowest BCUT2D eigenvalue weighted by Gasteiger charge is -2.15. The number of ether oxygens (including phenoxy) is 3. The maximum Gasteiger partial charge on any atom is 0.284 e. The van der Waals surface area contributed by atoms with Gasteiger partial charge in [0.15, 0.2) is 23.1 Å². The number of anilines is 1. The minimum Gasteiger partial charge on any atom is -0.493 e. The Morgan fingerprint density at radius 1 is 1.00 bits per heavy atom. The number of carbonyl (C=O) groups excluding carboxylic acids is 1. The molecule has 5 rings (SSSR count). The predicted octanol–water partition coefficient (Wildman–Crippen LogP) is 5.08. The Hall–Kier alpha value is -5.16. The molecule has 2 aromatic heterocycles. The van der Waals surface area contributed by atoms with E-state index >= 15 is 4.39 Å². The second kappa shape index (κ2) is 11.8. The molecule has 0 aliphatic carbocycles. The molecule has 11 heteroatoms. The SMILES string of the molecule is COc1cc2nccc(Oc3ccc(NC(=O)c4c(C)n(C[C@H](C)O)n(-c5ccccc5)c4=O)cc3F)c2cc1OC. The first-order chi connectivity index (χ1) is 20.2. The molecule has 216 valence electrons. The largest absolute Gasteiger partial charge is 0.493 e. The van der Waals surface area contributed by atoms with Crippen molar-refractivity contribution in [1.82, 2.24) is 14.3 Å². The fourth-order valence-corrected chi connectivity index (χ4v) is 4.72. The number of hydrogen-bond donors (Lipinski definition) is 2. The highest BCUT2D eigenvalue weighted by Gasteiger charge is 2.25. The molecule has 1 amide bonds. The smallest absolute Gasteiger partial charge is 0.284 e. The van der Waals surface area contributed by atoms with Crippen molar-refractivity contribution >= 4 is 22.5 Å². The van der Waals surface area contributed by atoms with Crippen LogP contribution in [-0.4, -0.2) is 45.7 Å². The summed E-state index contributed by atoms with van der Waals surface area (Å²) in [6.07, 6.45) is 0.758. The number of aliphatic hydroxyl groups excluding tert-OH is 1. The predicted molar refractivity (Wildman–Crippen MR) is 156 cm³/mol. The van der Waals surface area contributed by atoms with Gasteiger partial charge in [-0.3, -0.25) is 19.3 Å². The van der Waals surface area contributed by atoms with E-state index in [0.29, 0.717) is 39.5 Å². The lowest BCUT2D eigenvalue weighted by molar-refractivity contribution is 0.102. The number of aliphatic hydroxyl groups is 1. The zero-order chi connectivity index (χ0) is 30.0. The Balaban J connectivity index is 1.43. The molecule has 0 saturated heterocycles. The average molecular weight is 573 g/mol. The van der Waals surface area contributed by atoms with E-state index < -0.39 is 23.4 Å². The Kier molecular flexibility index (Phi) is 7.94. The summed E-state index contributed by atoms with van der Waals surface area (Å²) in [6.45, 7) is 3.30. The van der Waals surface area contributed by atoms with Crippen molar-refractivity contribution in [3.63, 3.8) is 0 Å². The summed E-state index contributed by atoms with van der Waals surface area (Å²) < 4.78 is 34.7. The van der Waals surface area contributed by atoms with Gasteiger partial charge < -0.3 is 24.6 Å². The van der Waals surface area contributed by atoms with Crippen molar-refractivity contribution in [2.24, 2.45) is 0 Å². The number of hydrogen-bond acceptors (Lipinski definition) is 7. The minimum absolute atomic E-state index is 0.0824. The highest BCUT2D eigenvalue weighted by molar-refractivity contribution is 6.05. The minimum atomic E-state index is -0.774. The summed E-state index contributed by atoms with van der Waals surface area (Å²) >= 11 is 0. The van der Waals surface area contributed by atoms with Crippen LogP contribution in [0.4, 0.5) is 10.1 Å². The van der Waals surface area contributed by atoms with E-state index in [-0.39, 0.29) is 23.5 Å². The molecule has 0 saturated carbocycles. The van der Waals surface area contributed by atoms with E-state index in [2.05, 4.69) is 10.3 Å². The van der Waals surface area contributed by atoms with Crippen LogP contribution in [0.3, 0.4) is 0 Å². The second-order valence-electron chi connectivity index (χ2n) is 9.58. The molecular formula is C31H29FN4O6. The number of nitrogens with zero attached hydrogens (tertiary/aromatic N) is 3. The van der Waals surface area contributed by atoms with Crippen LogP contribution in [0.1, 0.15) is 23.0 Å². The van der Waals surface area contributed by atoms with Gasteiger partial charge in [-0.2, -0.15) is 0 Å². The van der Waals surface area contributed by atoms with Crippen LogP contribution in [0.15, 0.2) is 77.7 Å². The number of fused-ring (bicyclic) bond motifs is 1. The van der Waals surface area contributed by atoms with E-state index in [1.54, 1.807) is 61.0 Å². The number of methoxy groups -OCH3 is 2. The number of nitrogens with one attached hydrogen (secondary N) is 1. The van der Waals surface area contributed by atoms with Gasteiger partial charge in [0.2, 0.25) is 0 Å². The standard InChI is InChI=1S/C31H29FN4O6/c1-18(37)17-35-19(2)29(31(39)36(35)21-8-6-5-7-9-21)30(38)34-20-10-11-26(23(32)14-20)42-25-12-13-33-24-16-28(41-4)27(40-3)15-22(24)25/h5-16,18,37H,17H2,1-4H3,(H,34,38)/t18-/m0/s1. The average Bonchev–Trinajstić information content (AvgIpc) is 3.22. The number of rotatable bonds is 9. The summed E-state index contributed by atoms with van der Waals surface area (Å²) in [5, 5.41) is 13.2. The highest BCUT2D eigenvalue weighted by atomic mass is 19.1. The third-order valence-corrected chi connectivity index (χ3v) is 6.68. The van der Waals surface area contributed by atoms with Crippen LogP contribution in [-0.2, 0) is 6.54 Å². The molecular weight excluding hydrogens is 543 g/mol. The third kappa shape index (κ3) is 5.41. The number of benzene rings is 3. The molecule has 0 spiro atoms. The summed E-state index contributed by atoms with van der Waals surface area (Å²) in [6, 6.07) is 17.8.